The Balaban J connectivity index is 1.40. The number of hydrogen-bond donors (Lipinski definition) is 2. The molecule has 2 fully saturated rings. The van der Waals surface area contributed by atoms with E-state index >= 15 is 0 Å². The lowest BCUT2D eigenvalue weighted by Crippen LogP contribution is -2.35. The quantitative estimate of drug-likeness (QED) is 0.882. The zero-order valence-corrected chi connectivity index (χ0v) is 12.5. The number of rotatable bonds is 3. The molecule has 20 heavy (non-hydrogen) atoms. The summed E-state index contributed by atoms with van der Waals surface area (Å²) >= 11 is 0. The van der Waals surface area contributed by atoms with E-state index < -0.39 is 0 Å². The highest BCUT2D eigenvalue weighted by Gasteiger charge is 2.57. The molecular weight excluding hydrogens is 244 g/mol. The molecule has 1 saturated carbocycles. The molecule has 1 heterocycles. The van der Waals surface area contributed by atoms with Crippen molar-refractivity contribution in [1.29, 1.82) is 0 Å². The fraction of sp³-hybridized carbons (Fsp3) is 0.667. The normalized spacial score (nSPS) is 32.5. The summed E-state index contributed by atoms with van der Waals surface area (Å²) in [7, 11) is 0. The van der Waals surface area contributed by atoms with Gasteiger partial charge in [0.25, 0.3) is 0 Å². The molecule has 1 aliphatic heterocycles. The van der Waals surface area contributed by atoms with E-state index in [1.165, 1.54) is 57.3 Å². The standard InChI is InChI=1S/C18H26N2/c1-13-2-3-16-15(10-13)4-7-18(16)11-17(18)20-12-14-5-8-19-9-6-14/h2-3,10,14,17,19-20H,4-9,11-12H2,1H3. The minimum absolute atomic E-state index is 0.510. The van der Waals surface area contributed by atoms with Crippen LogP contribution in [0.2, 0.25) is 0 Å². The van der Waals surface area contributed by atoms with E-state index in [9.17, 15) is 0 Å². The first kappa shape index (κ1) is 12.8. The van der Waals surface area contributed by atoms with Crippen molar-refractivity contribution in [3.63, 3.8) is 0 Å². The van der Waals surface area contributed by atoms with Gasteiger partial charge < -0.3 is 10.6 Å². The zero-order chi connectivity index (χ0) is 13.6. The van der Waals surface area contributed by atoms with Crippen molar-refractivity contribution in [3.05, 3.63) is 34.9 Å². The molecule has 2 unspecified atom stereocenters. The van der Waals surface area contributed by atoms with Gasteiger partial charge in [-0.2, -0.15) is 0 Å². The number of nitrogens with one attached hydrogen (secondary N) is 2. The van der Waals surface area contributed by atoms with Crippen LogP contribution < -0.4 is 10.6 Å². The molecule has 0 bridgehead atoms. The van der Waals surface area contributed by atoms with Crippen LogP contribution in [-0.4, -0.2) is 25.7 Å². The van der Waals surface area contributed by atoms with Crippen molar-refractivity contribution in [2.24, 2.45) is 5.92 Å². The predicted octanol–water partition coefficient (Wildman–Crippen LogP) is 2.54. The number of fused-ring (bicyclic) bond motifs is 2. The van der Waals surface area contributed by atoms with Gasteiger partial charge >= 0.3 is 0 Å². The van der Waals surface area contributed by atoms with Gasteiger partial charge in [-0.15, -0.1) is 0 Å². The van der Waals surface area contributed by atoms with Crippen LogP contribution in [0.15, 0.2) is 18.2 Å². The Morgan fingerprint density at radius 2 is 2.15 bits per heavy atom. The molecule has 0 radical (unpaired) electrons. The largest absolute Gasteiger partial charge is 0.317 e. The van der Waals surface area contributed by atoms with Gasteiger partial charge in [0.15, 0.2) is 0 Å². The van der Waals surface area contributed by atoms with Gasteiger partial charge in [-0.25, -0.2) is 0 Å². The van der Waals surface area contributed by atoms with Crippen LogP contribution in [0.3, 0.4) is 0 Å². The summed E-state index contributed by atoms with van der Waals surface area (Å²) in [5, 5.41) is 7.34. The van der Waals surface area contributed by atoms with Crippen molar-refractivity contribution in [2.75, 3.05) is 19.6 Å². The maximum absolute atomic E-state index is 3.89. The number of benzene rings is 1. The van der Waals surface area contributed by atoms with Gasteiger partial charge in [-0.1, -0.05) is 23.8 Å². The molecule has 2 nitrogen and oxygen atoms in total. The molecule has 3 aliphatic rings. The third kappa shape index (κ3) is 2.10. The zero-order valence-electron chi connectivity index (χ0n) is 12.5. The molecule has 4 rings (SSSR count). The summed E-state index contributed by atoms with van der Waals surface area (Å²) in [4.78, 5) is 0. The van der Waals surface area contributed by atoms with Crippen molar-refractivity contribution in [3.8, 4) is 0 Å². The molecule has 0 aromatic heterocycles. The van der Waals surface area contributed by atoms with E-state index in [0.717, 1.165) is 12.0 Å². The summed E-state index contributed by atoms with van der Waals surface area (Å²) in [5.74, 6) is 0.896. The third-order valence-corrected chi connectivity index (χ3v) is 5.82. The average Bonchev–Trinajstić information content (AvgIpc) is 3.06. The summed E-state index contributed by atoms with van der Waals surface area (Å²) in [5.41, 5.74) is 5.21. The summed E-state index contributed by atoms with van der Waals surface area (Å²) in [6.45, 7) is 5.87. The van der Waals surface area contributed by atoms with Crippen LogP contribution >= 0.6 is 0 Å². The van der Waals surface area contributed by atoms with E-state index in [-0.39, 0.29) is 0 Å². The van der Waals surface area contributed by atoms with Gasteiger partial charge in [0.1, 0.15) is 0 Å². The van der Waals surface area contributed by atoms with Gasteiger partial charge in [-0.05, 0) is 75.7 Å². The molecule has 2 heteroatoms. The van der Waals surface area contributed by atoms with Crippen molar-refractivity contribution in [1.82, 2.24) is 10.6 Å². The highest BCUT2D eigenvalue weighted by Crippen LogP contribution is 2.56. The van der Waals surface area contributed by atoms with E-state index in [4.69, 9.17) is 0 Å². The molecule has 1 spiro atoms. The molecule has 0 amide bonds. The van der Waals surface area contributed by atoms with Crippen LogP contribution in [0.4, 0.5) is 0 Å². The van der Waals surface area contributed by atoms with Gasteiger partial charge in [0.05, 0.1) is 0 Å². The summed E-state index contributed by atoms with van der Waals surface area (Å²) in [6, 6.07) is 7.87. The maximum Gasteiger partial charge on any atom is 0.0174 e. The second-order valence-corrected chi connectivity index (χ2v) is 7.18. The Labute approximate surface area is 122 Å². The Kier molecular flexibility index (Phi) is 3.12. The monoisotopic (exact) mass is 270 g/mol. The van der Waals surface area contributed by atoms with Crippen molar-refractivity contribution < 1.29 is 0 Å². The molecular formula is C18H26N2. The molecule has 108 valence electrons. The summed E-state index contributed by atoms with van der Waals surface area (Å²) in [6.07, 6.45) is 6.73. The smallest absolute Gasteiger partial charge is 0.0174 e. The molecule has 1 aromatic rings. The van der Waals surface area contributed by atoms with E-state index in [1.54, 1.807) is 11.1 Å². The highest BCUT2D eigenvalue weighted by molar-refractivity contribution is 5.48. The van der Waals surface area contributed by atoms with Gasteiger partial charge in [0.2, 0.25) is 0 Å². The van der Waals surface area contributed by atoms with Crippen molar-refractivity contribution in [2.45, 2.75) is 50.5 Å². The van der Waals surface area contributed by atoms with Crippen molar-refractivity contribution >= 4 is 0 Å². The number of piperidine rings is 1. The molecule has 2 aliphatic carbocycles. The Morgan fingerprint density at radius 3 is 3.00 bits per heavy atom. The average molecular weight is 270 g/mol. The Bertz CT molecular complexity index is 504. The fourth-order valence-corrected chi connectivity index (χ4v) is 4.45. The minimum Gasteiger partial charge on any atom is -0.317 e. The lowest BCUT2D eigenvalue weighted by Gasteiger charge is -2.23. The molecule has 2 N–H and O–H groups in total. The molecule has 1 aromatic carbocycles. The highest BCUT2D eigenvalue weighted by atomic mass is 15.0. The minimum atomic E-state index is 0.510. The second kappa shape index (κ2) is 4.85. The number of aryl methyl sites for hydroxylation is 2. The number of hydrogen-bond acceptors (Lipinski definition) is 2. The second-order valence-electron chi connectivity index (χ2n) is 7.18. The molecule has 1 saturated heterocycles. The Morgan fingerprint density at radius 1 is 1.30 bits per heavy atom. The van der Waals surface area contributed by atoms with Crippen LogP contribution in [0, 0.1) is 12.8 Å². The van der Waals surface area contributed by atoms with E-state index in [0.29, 0.717) is 5.41 Å². The first-order valence-corrected chi connectivity index (χ1v) is 8.32. The summed E-state index contributed by atoms with van der Waals surface area (Å²) < 4.78 is 0. The first-order chi connectivity index (χ1) is 9.78. The topological polar surface area (TPSA) is 24.1 Å². The van der Waals surface area contributed by atoms with E-state index in [2.05, 4.69) is 35.8 Å². The lowest BCUT2D eigenvalue weighted by atomic mass is 9.95. The Hall–Kier alpha value is -0.860. The van der Waals surface area contributed by atoms with Crippen LogP contribution in [0.1, 0.15) is 42.4 Å². The lowest BCUT2D eigenvalue weighted by molar-refractivity contribution is 0.351. The van der Waals surface area contributed by atoms with Gasteiger partial charge in [-0.3, -0.25) is 0 Å². The maximum atomic E-state index is 3.89. The van der Waals surface area contributed by atoms with E-state index in [1.807, 2.05) is 0 Å². The van der Waals surface area contributed by atoms with Crippen LogP contribution in [-0.2, 0) is 11.8 Å². The molecule has 2 atom stereocenters. The van der Waals surface area contributed by atoms with Gasteiger partial charge in [0, 0.05) is 11.5 Å². The first-order valence-electron chi connectivity index (χ1n) is 8.32. The van der Waals surface area contributed by atoms with Crippen LogP contribution in [0.25, 0.3) is 0 Å². The fourth-order valence-electron chi connectivity index (χ4n) is 4.45. The SMILES string of the molecule is Cc1ccc2c(c1)CCC21CC1NCC1CCNCC1. The predicted molar refractivity (Wildman–Crippen MR) is 83.2 cm³/mol. The van der Waals surface area contributed by atoms with Crippen LogP contribution in [0.5, 0.6) is 0 Å². The third-order valence-electron chi connectivity index (χ3n) is 5.82.